The predicted molar refractivity (Wildman–Crippen MR) is 59.2 cm³/mol. The Hall–Kier alpha value is -1.46. The van der Waals surface area contributed by atoms with Crippen molar-refractivity contribution in [1.82, 2.24) is 10.6 Å². The molecule has 0 heterocycles. The molecule has 0 aliphatic rings. The number of carbonyl (C=O) groups is 2. The number of methoxy groups -OCH3 is 2. The fraction of sp³-hybridized carbons (Fsp3) is 0.800. The molecule has 2 amide bonds. The van der Waals surface area contributed by atoms with Crippen molar-refractivity contribution in [2.75, 3.05) is 14.2 Å². The fourth-order valence-corrected chi connectivity index (χ4v) is 1.19. The molecule has 0 fully saturated rings. The molecule has 0 aromatic carbocycles. The average molecular weight is 232 g/mol. The molecule has 16 heavy (non-hydrogen) atoms. The monoisotopic (exact) mass is 232 g/mol. The van der Waals surface area contributed by atoms with Crippen LogP contribution in [0.25, 0.3) is 0 Å². The van der Waals surface area contributed by atoms with Crippen molar-refractivity contribution in [2.45, 2.75) is 32.9 Å². The molecule has 0 aromatic rings. The van der Waals surface area contributed by atoms with Gasteiger partial charge in [-0.15, -0.1) is 0 Å². The van der Waals surface area contributed by atoms with E-state index in [9.17, 15) is 9.59 Å². The van der Waals surface area contributed by atoms with Crippen molar-refractivity contribution in [3.8, 4) is 0 Å². The summed E-state index contributed by atoms with van der Waals surface area (Å²) in [5, 5.41) is 5.30. The van der Waals surface area contributed by atoms with Crippen molar-refractivity contribution in [2.24, 2.45) is 5.92 Å². The van der Waals surface area contributed by atoms with Gasteiger partial charge in [-0.25, -0.2) is 9.59 Å². The highest BCUT2D eigenvalue weighted by Gasteiger charge is 2.22. The highest BCUT2D eigenvalue weighted by atomic mass is 16.5. The highest BCUT2D eigenvalue weighted by molar-refractivity contribution is 5.68. The molecule has 94 valence electrons. The van der Waals surface area contributed by atoms with Gasteiger partial charge >= 0.3 is 12.2 Å². The van der Waals surface area contributed by atoms with Crippen LogP contribution in [-0.2, 0) is 9.47 Å². The summed E-state index contributed by atoms with van der Waals surface area (Å²) in [7, 11) is 2.62. The summed E-state index contributed by atoms with van der Waals surface area (Å²) in [5.74, 6) is 0.0539. The Labute approximate surface area is 95.7 Å². The summed E-state index contributed by atoms with van der Waals surface area (Å²) >= 11 is 0. The molecule has 0 saturated heterocycles. The zero-order valence-corrected chi connectivity index (χ0v) is 10.4. The molecule has 6 nitrogen and oxygen atoms in total. The van der Waals surface area contributed by atoms with Gasteiger partial charge in [0.25, 0.3) is 0 Å². The van der Waals surface area contributed by atoms with E-state index in [-0.39, 0.29) is 18.0 Å². The second kappa shape index (κ2) is 6.92. The van der Waals surface area contributed by atoms with E-state index in [2.05, 4.69) is 20.1 Å². The summed E-state index contributed by atoms with van der Waals surface area (Å²) in [6.45, 7) is 5.61. The van der Waals surface area contributed by atoms with Crippen LogP contribution in [0.3, 0.4) is 0 Å². The van der Waals surface area contributed by atoms with Crippen molar-refractivity contribution < 1.29 is 19.1 Å². The number of hydrogen-bond donors (Lipinski definition) is 2. The number of rotatable bonds is 4. The standard InChI is InChI=1S/C10H20N2O4/c1-6(7(2)11-9(13)15-4)8(3)12-10(14)16-5/h6-8H,1-5H3,(H,11,13)(H,12,14). The van der Waals surface area contributed by atoms with Gasteiger partial charge in [-0.3, -0.25) is 0 Å². The minimum absolute atomic E-state index is 0.0539. The zero-order valence-electron chi connectivity index (χ0n) is 10.4. The number of ether oxygens (including phenoxy) is 2. The second-order valence-electron chi connectivity index (χ2n) is 3.71. The molecule has 0 rings (SSSR count). The second-order valence-corrected chi connectivity index (χ2v) is 3.71. The first-order valence-electron chi connectivity index (χ1n) is 5.11. The van der Waals surface area contributed by atoms with Crippen LogP contribution in [0.5, 0.6) is 0 Å². The molecule has 0 aliphatic carbocycles. The van der Waals surface area contributed by atoms with E-state index >= 15 is 0 Å². The Kier molecular flexibility index (Phi) is 6.29. The maximum Gasteiger partial charge on any atom is 0.407 e. The van der Waals surface area contributed by atoms with E-state index in [1.165, 1.54) is 14.2 Å². The van der Waals surface area contributed by atoms with Crippen LogP contribution in [-0.4, -0.2) is 38.5 Å². The van der Waals surface area contributed by atoms with Crippen molar-refractivity contribution in [3.05, 3.63) is 0 Å². The smallest absolute Gasteiger partial charge is 0.407 e. The normalized spacial score (nSPS) is 15.6. The van der Waals surface area contributed by atoms with Gasteiger partial charge in [0.15, 0.2) is 0 Å². The third-order valence-electron chi connectivity index (χ3n) is 2.64. The third-order valence-corrected chi connectivity index (χ3v) is 2.64. The lowest BCUT2D eigenvalue weighted by atomic mass is 9.96. The lowest BCUT2D eigenvalue weighted by molar-refractivity contribution is 0.154. The van der Waals surface area contributed by atoms with Crippen molar-refractivity contribution in [3.63, 3.8) is 0 Å². The Morgan fingerprint density at radius 1 is 0.875 bits per heavy atom. The van der Waals surface area contributed by atoms with Gasteiger partial charge < -0.3 is 20.1 Å². The zero-order chi connectivity index (χ0) is 12.7. The van der Waals surface area contributed by atoms with Gasteiger partial charge in [0, 0.05) is 12.1 Å². The first kappa shape index (κ1) is 14.5. The summed E-state index contributed by atoms with van der Waals surface area (Å²) in [5.41, 5.74) is 0. The average Bonchev–Trinajstić information content (AvgIpc) is 2.27. The van der Waals surface area contributed by atoms with Crippen LogP contribution in [0.4, 0.5) is 9.59 Å². The third kappa shape index (κ3) is 4.86. The predicted octanol–water partition coefficient (Wildman–Crippen LogP) is 1.11. The molecular weight excluding hydrogens is 212 g/mol. The minimum atomic E-state index is -0.482. The summed E-state index contributed by atoms with van der Waals surface area (Å²) in [6.07, 6.45) is -0.964. The molecule has 0 bridgehead atoms. The van der Waals surface area contributed by atoms with E-state index in [1.54, 1.807) is 0 Å². The van der Waals surface area contributed by atoms with Gasteiger partial charge in [0.1, 0.15) is 0 Å². The van der Waals surface area contributed by atoms with Gasteiger partial charge in [-0.2, -0.15) is 0 Å². The molecule has 2 atom stereocenters. The molecule has 2 N–H and O–H groups in total. The molecule has 0 radical (unpaired) electrons. The van der Waals surface area contributed by atoms with Crippen LogP contribution >= 0.6 is 0 Å². The summed E-state index contributed by atoms with van der Waals surface area (Å²) in [4.78, 5) is 22.0. The number of hydrogen-bond acceptors (Lipinski definition) is 4. The molecule has 0 saturated carbocycles. The topological polar surface area (TPSA) is 76.7 Å². The lowest BCUT2D eigenvalue weighted by Crippen LogP contribution is -2.46. The summed E-state index contributed by atoms with van der Waals surface area (Å²) < 4.78 is 8.98. The van der Waals surface area contributed by atoms with Gasteiger partial charge in [0.2, 0.25) is 0 Å². The van der Waals surface area contributed by atoms with E-state index in [4.69, 9.17) is 0 Å². The number of alkyl carbamates (subject to hydrolysis) is 2. The van der Waals surface area contributed by atoms with E-state index in [0.29, 0.717) is 0 Å². The molecule has 0 aliphatic heterocycles. The van der Waals surface area contributed by atoms with Crippen LogP contribution in [0.15, 0.2) is 0 Å². The number of nitrogens with one attached hydrogen (secondary N) is 2. The Balaban J connectivity index is 4.15. The van der Waals surface area contributed by atoms with E-state index < -0.39 is 12.2 Å². The highest BCUT2D eigenvalue weighted by Crippen LogP contribution is 2.08. The Morgan fingerprint density at radius 3 is 1.44 bits per heavy atom. The number of amides is 2. The Morgan fingerprint density at radius 2 is 1.19 bits per heavy atom. The maximum atomic E-state index is 11.0. The lowest BCUT2D eigenvalue weighted by Gasteiger charge is -2.26. The Bertz CT molecular complexity index is 221. The fourth-order valence-electron chi connectivity index (χ4n) is 1.19. The first-order valence-corrected chi connectivity index (χ1v) is 5.11. The van der Waals surface area contributed by atoms with Crippen molar-refractivity contribution >= 4 is 12.2 Å². The van der Waals surface area contributed by atoms with Gasteiger partial charge in [-0.05, 0) is 19.8 Å². The van der Waals surface area contributed by atoms with Gasteiger partial charge in [0.05, 0.1) is 14.2 Å². The van der Waals surface area contributed by atoms with Crippen molar-refractivity contribution in [1.29, 1.82) is 0 Å². The largest absolute Gasteiger partial charge is 0.453 e. The molecule has 6 heteroatoms. The molecule has 2 unspecified atom stereocenters. The first-order chi connectivity index (χ1) is 7.42. The molecule has 0 aromatic heterocycles. The molecular formula is C10H20N2O4. The SMILES string of the molecule is COC(=O)NC(C)C(C)C(C)NC(=O)OC. The molecule has 0 spiro atoms. The van der Waals surface area contributed by atoms with Crippen LogP contribution in [0.1, 0.15) is 20.8 Å². The maximum absolute atomic E-state index is 11.0. The van der Waals surface area contributed by atoms with Crippen LogP contribution in [0.2, 0.25) is 0 Å². The van der Waals surface area contributed by atoms with E-state index in [1.807, 2.05) is 20.8 Å². The number of carbonyl (C=O) groups excluding carboxylic acids is 2. The van der Waals surface area contributed by atoms with Crippen LogP contribution in [0, 0.1) is 5.92 Å². The van der Waals surface area contributed by atoms with E-state index in [0.717, 1.165) is 0 Å². The minimum Gasteiger partial charge on any atom is -0.453 e. The summed E-state index contributed by atoms with van der Waals surface area (Å²) in [6, 6.07) is -0.223. The van der Waals surface area contributed by atoms with Crippen LogP contribution < -0.4 is 10.6 Å². The quantitative estimate of drug-likeness (QED) is 0.761. The van der Waals surface area contributed by atoms with Gasteiger partial charge in [-0.1, -0.05) is 6.92 Å².